The largest absolute Gasteiger partial charge is 0.383 e. The highest BCUT2D eigenvalue weighted by Crippen LogP contribution is 2.03. The molecule has 1 atom stereocenters. The van der Waals surface area contributed by atoms with Crippen LogP contribution < -0.4 is 10.6 Å². The minimum atomic E-state index is -0.271. The molecule has 5 heteroatoms. The summed E-state index contributed by atoms with van der Waals surface area (Å²) in [7, 11) is 1.60. The van der Waals surface area contributed by atoms with Crippen molar-refractivity contribution in [2.24, 2.45) is 0 Å². The van der Waals surface area contributed by atoms with Gasteiger partial charge in [-0.25, -0.2) is 0 Å². The van der Waals surface area contributed by atoms with Crippen molar-refractivity contribution in [3.8, 4) is 6.07 Å². The number of amides is 1. The molecule has 0 heterocycles. The third-order valence-electron chi connectivity index (χ3n) is 2.69. The van der Waals surface area contributed by atoms with Crippen LogP contribution in [-0.2, 0) is 16.1 Å². The lowest BCUT2D eigenvalue weighted by atomic mass is 10.1. The minimum absolute atomic E-state index is 0.0503. The van der Waals surface area contributed by atoms with Crippen LogP contribution in [0.2, 0.25) is 0 Å². The van der Waals surface area contributed by atoms with Crippen molar-refractivity contribution < 1.29 is 9.53 Å². The molecular weight excluding hydrogens is 242 g/mol. The molecule has 0 aliphatic rings. The van der Waals surface area contributed by atoms with Crippen LogP contribution in [0, 0.1) is 11.3 Å². The van der Waals surface area contributed by atoms with E-state index in [1.807, 2.05) is 19.1 Å². The first-order chi connectivity index (χ1) is 9.17. The van der Waals surface area contributed by atoms with E-state index >= 15 is 0 Å². The van der Waals surface area contributed by atoms with Gasteiger partial charge in [0.1, 0.15) is 0 Å². The average Bonchev–Trinajstić information content (AvgIpc) is 2.45. The molecule has 1 unspecified atom stereocenters. The summed E-state index contributed by atoms with van der Waals surface area (Å²) in [5.74, 6) is -0.0503. The number of nitrogens with zero attached hydrogens (tertiary/aromatic N) is 1. The highest BCUT2D eigenvalue weighted by molar-refractivity contribution is 5.81. The lowest BCUT2D eigenvalue weighted by Gasteiger charge is -2.14. The van der Waals surface area contributed by atoms with Gasteiger partial charge in [0.05, 0.1) is 24.3 Å². The lowest BCUT2D eigenvalue weighted by Crippen LogP contribution is -2.42. The van der Waals surface area contributed by atoms with Crippen molar-refractivity contribution in [2.45, 2.75) is 19.5 Å². The Labute approximate surface area is 113 Å². The second kappa shape index (κ2) is 8.25. The smallest absolute Gasteiger partial charge is 0.236 e. The predicted molar refractivity (Wildman–Crippen MR) is 72.3 cm³/mol. The van der Waals surface area contributed by atoms with Gasteiger partial charge in [-0.05, 0) is 24.6 Å². The molecule has 0 spiro atoms. The fraction of sp³-hybridized carbons (Fsp3) is 0.429. The fourth-order valence-electron chi connectivity index (χ4n) is 1.49. The number of benzene rings is 1. The van der Waals surface area contributed by atoms with Crippen molar-refractivity contribution >= 4 is 5.91 Å². The van der Waals surface area contributed by atoms with Gasteiger partial charge in [0.15, 0.2) is 0 Å². The molecular formula is C14H19N3O2. The first-order valence-electron chi connectivity index (χ1n) is 6.16. The second-order valence-corrected chi connectivity index (χ2v) is 4.20. The van der Waals surface area contributed by atoms with Crippen molar-refractivity contribution in [1.82, 2.24) is 10.6 Å². The Morgan fingerprint density at radius 3 is 2.68 bits per heavy atom. The number of nitriles is 1. The summed E-state index contributed by atoms with van der Waals surface area (Å²) in [4.78, 5) is 11.7. The topological polar surface area (TPSA) is 74.2 Å². The summed E-state index contributed by atoms with van der Waals surface area (Å²) in [6, 6.07) is 9.08. The molecule has 1 aromatic rings. The lowest BCUT2D eigenvalue weighted by molar-refractivity contribution is -0.122. The van der Waals surface area contributed by atoms with Crippen molar-refractivity contribution in [3.63, 3.8) is 0 Å². The zero-order chi connectivity index (χ0) is 14.1. The number of rotatable bonds is 7. The first-order valence-corrected chi connectivity index (χ1v) is 6.16. The van der Waals surface area contributed by atoms with Gasteiger partial charge in [-0.1, -0.05) is 12.1 Å². The maximum Gasteiger partial charge on any atom is 0.236 e. The van der Waals surface area contributed by atoms with E-state index in [1.54, 1.807) is 19.2 Å². The molecule has 0 aliphatic carbocycles. The normalized spacial score (nSPS) is 11.6. The molecule has 1 amide bonds. The van der Waals surface area contributed by atoms with E-state index in [0.717, 1.165) is 5.56 Å². The van der Waals surface area contributed by atoms with E-state index in [9.17, 15) is 4.79 Å². The monoisotopic (exact) mass is 261 g/mol. The molecule has 2 N–H and O–H groups in total. The van der Waals surface area contributed by atoms with E-state index in [2.05, 4.69) is 16.7 Å². The van der Waals surface area contributed by atoms with E-state index in [1.165, 1.54) is 0 Å². The van der Waals surface area contributed by atoms with Gasteiger partial charge < -0.3 is 15.4 Å². The molecule has 102 valence electrons. The van der Waals surface area contributed by atoms with Gasteiger partial charge in [-0.3, -0.25) is 4.79 Å². The second-order valence-electron chi connectivity index (χ2n) is 4.20. The summed E-state index contributed by atoms with van der Waals surface area (Å²) in [6.45, 7) is 3.42. The summed E-state index contributed by atoms with van der Waals surface area (Å²) in [6.07, 6.45) is 0. The Balaban J connectivity index is 2.34. The molecule has 1 rings (SSSR count). The summed E-state index contributed by atoms with van der Waals surface area (Å²) < 4.78 is 4.86. The average molecular weight is 261 g/mol. The van der Waals surface area contributed by atoms with Crippen LogP contribution in [0.15, 0.2) is 24.3 Å². The Kier molecular flexibility index (Phi) is 6.58. The van der Waals surface area contributed by atoms with Crippen LogP contribution in [0.1, 0.15) is 18.1 Å². The number of ether oxygens (including phenoxy) is 1. The van der Waals surface area contributed by atoms with Crippen LogP contribution in [0.4, 0.5) is 0 Å². The van der Waals surface area contributed by atoms with Crippen LogP contribution >= 0.6 is 0 Å². The van der Waals surface area contributed by atoms with Gasteiger partial charge in [-0.2, -0.15) is 5.26 Å². The number of carbonyl (C=O) groups excluding carboxylic acids is 1. The Morgan fingerprint density at radius 2 is 2.11 bits per heavy atom. The number of hydrogen-bond acceptors (Lipinski definition) is 4. The van der Waals surface area contributed by atoms with E-state index in [0.29, 0.717) is 25.3 Å². The molecule has 5 nitrogen and oxygen atoms in total. The molecule has 0 fully saturated rings. The maximum atomic E-state index is 11.7. The third kappa shape index (κ3) is 5.51. The SMILES string of the molecule is COCCNC(=O)C(C)NCc1ccc(C#N)cc1. The minimum Gasteiger partial charge on any atom is -0.383 e. The van der Waals surface area contributed by atoms with Gasteiger partial charge in [-0.15, -0.1) is 0 Å². The van der Waals surface area contributed by atoms with Crippen LogP contribution in [0.5, 0.6) is 0 Å². The van der Waals surface area contributed by atoms with Crippen LogP contribution in [-0.4, -0.2) is 32.2 Å². The standard InChI is InChI=1S/C14H19N3O2/c1-11(14(18)16-7-8-19-2)17-10-13-5-3-12(9-15)4-6-13/h3-6,11,17H,7-8,10H2,1-2H3,(H,16,18). The van der Waals surface area contributed by atoms with Gasteiger partial charge >= 0.3 is 0 Å². The maximum absolute atomic E-state index is 11.7. The summed E-state index contributed by atoms with van der Waals surface area (Å²) >= 11 is 0. The molecule has 0 aliphatic heterocycles. The van der Waals surface area contributed by atoms with Crippen molar-refractivity contribution in [1.29, 1.82) is 5.26 Å². The Hall–Kier alpha value is -1.90. The quantitative estimate of drug-likeness (QED) is 0.712. The van der Waals surface area contributed by atoms with Gasteiger partial charge in [0.25, 0.3) is 0 Å². The Bertz CT molecular complexity index is 437. The molecule has 0 saturated heterocycles. The molecule has 0 bridgehead atoms. The zero-order valence-electron chi connectivity index (χ0n) is 11.3. The number of nitrogens with one attached hydrogen (secondary N) is 2. The Morgan fingerprint density at radius 1 is 1.42 bits per heavy atom. The molecule has 19 heavy (non-hydrogen) atoms. The zero-order valence-corrected chi connectivity index (χ0v) is 11.3. The highest BCUT2D eigenvalue weighted by Gasteiger charge is 2.10. The van der Waals surface area contributed by atoms with Gasteiger partial charge in [0.2, 0.25) is 5.91 Å². The third-order valence-corrected chi connectivity index (χ3v) is 2.69. The molecule has 1 aromatic carbocycles. The highest BCUT2D eigenvalue weighted by atomic mass is 16.5. The van der Waals surface area contributed by atoms with Crippen molar-refractivity contribution in [2.75, 3.05) is 20.3 Å². The number of hydrogen-bond donors (Lipinski definition) is 2. The number of carbonyl (C=O) groups is 1. The van der Waals surface area contributed by atoms with E-state index < -0.39 is 0 Å². The number of methoxy groups -OCH3 is 1. The molecule has 0 saturated carbocycles. The van der Waals surface area contributed by atoms with E-state index in [4.69, 9.17) is 10.00 Å². The van der Waals surface area contributed by atoms with Crippen LogP contribution in [0.3, 0.4) is 0 Å². The van der Waals surface area contributed by atoms with Crippen molar-refractivity contribution in [3.05, 3.63) is 35.4 Å². The predicted octanol–water partition coefficient (Wildman–Crippen LogP) is 0.799. The fourth-order valence-corrected chi connectivity index (χ4v) is 1.49. The van der Waals surface area contributed by atoms with E-state index in [-0.39, 0.29) is 11.9 Å². The first kappa shape index (κ1) is 15.2. The van der Waals surface area contributed by atoms with Gasteiger partial charge in [0, 0.05) is 20.2 Å². The summed E-state index contributed by atoms with van der Waals surface area (Å²) in [5.41, 5.74) is 1.67. The van der Waals surface area contributed by atoms with Crippen LogP contribution in [0.25, 0.3) is 0 Å². The molecule has 0 aromatic heterocycles. The summed E-state index contributed by atoms with van der Waals surface area (Å²) in [5, 5.41) is 14.6. The molecule has 0 radical (unpaired) electrons.